The van der Waals surface area contributed by atoms with E-state index < -0.39 is 0 Å². The van der Waals surface area contributed by atoms with Gasteiger partial charge in [-0.25, -0.2) is 0 Å². The van der Waals surface area contributed by atoms with Crippen LogP contribution in [0.2, 0.25) is 0 Å². The van der Waals surface area contributed by atoms with Gasteiger partial charge in [-0.2, -0.15) is 0 Å². The van der Waals surface area contributed by atoms with Gasteiger partial charge < -0.3 is 5.11 Å². The summed E-state index contributed by atoms with van der Waals surface area (Å²) in [6.45, 7) is 2.60. The average Bonchev–Trinajstić information content (AvgIpc) is 2.65. The van der Waals surface area contributed by atoms with E-state index in [1.807, 2.05) is 0 Å². The van der Waals surface area contributed by atoms with Crippen molar-refractivity contribution in [2.24, 2.45) is 0 Å². The summed E-state index contributed by atoms with van der Waals surface area (Å²) in [6.07, 6.45) is 4.61. The number of hydrogen-bond acceptors (Lipinski definition) is 1. The molecule has 1 aliphatic rings. The van der Waals surface area contributed by atoms with Gasteiger partial charge in [0, 0.05) is 6.61 Å². The fourth-order valence-electron chi connectivity index (χ4n) is 2.85. The Balaban J connectivity index is 2.18. The highest BCUT2D eigenvalue weighted by Gasteiger charge is 2.28. The van der Waals surface area contributed by atoms with Crippen LogP contribution in [-0.4, -0.2) is 11.7 Å². The van der Waals surface area contributed by atoms with E-state index in [9.17, 15) is 0 Å². The quantitative estimate of drug-likeness (QED) is 0.796. The predicted molar refractivity (Wildman–Crippen MR) is 63.2 cm³/mol. The van der Waals surface area contributed by atoms with Crippen LogP contribution in [0.4, 0.5) is 0 Å². The van der Waals surface area contributed by atoms with Crippen molar-refractivity contribution in [3.8, 4) is 0 Å². The summed E-state index contributed by atoms with van der Waals surface area (Å²) in [7, 11) is 0. The lowest BCUT2D eigenvalue weighted by molar-refractivity contribution is 0.278. The molecule has 82 valence electrons. The summed E-state index contributed by atoms with van der Waals surface area (Å²) in [5, 5.41) is 8.90. The molecule has 0 fully saturated rings. The molecule has 0 radical (unpaired) electrons. The van der Waals surface area contributed by atoms with Gasteiger partial charge >= 0.3 is 0 Å². The molecule has 0 bridgehead atoms. The Morgan fingerprint density at radius 1 is 1.20 bits per heavy atom. The highest BCUT2D eigenvalue weighted by molar-refractivity contribution is 5.38. The largest absolute Gasteiger partial charge is 0.396 e. The third kappa shape index (κ3) is 2.07. The van der Waals surface area contributed by atoms with Crippen molar-refractivity contribution in [1.29, 1.82) is 0 Å². The first-order chi connectivity index (χ1) is 7.36. The lowest BCUT2D eigenvalue weighted by atomic mass is 9.96. The maximum Gasteiger partial charge on any atom is 0.0431 e. The van der Waals surface area contributed by atoms with Gasteiger partial charge in [-0.15, -0.1) is 0 Å². The van der Waals surface area contributed by atoms with Gasteiger partial charge in [0.25, 0.3) is 0 Å². The van der Waals surface area contributed by atoms with E-state index in [-0.39, 0.29) is 0 Å². The minimum Gasteiger partial charge on any atom is -0.396 e. The molecule has 2 rings (SSSR count). The molecule has 1 N–H and O–H groups in total. The van der Waals surface area contributed by atoms with Crippen molar-refractivity contribution in [1.82, 2.24) is 0 Å². The van der Waals surface area contributed by atoms with Crippen molar-refractivity contribution in [2.75, 3.05) is 6.61 Å². The van der Waals surface area contributed by atoms with Gasteiger partial charge in [0.15, 0.2) is 0 Å². The smallest absolute Gasteiger partial charge is 0.0431 e. The fourth-order valence-corrected chi connectivity index (χ4v) is 2.85. The normalized spacial score (nSPS) is 24.1. The minimum atomic E-state index is 0.329. The summed E-state index contributed by atoms with van der Waals surface area (Å²) >= 11 is 0. The first-order valence-corrected chi connectivity index (χ1v) is 6.06. The molecule has 0 amide bonds. The molecule has 0 saturated heterocycles. The second-order valence-corrected chi connectivity index (χ2v) is 4.53. The third-order valence-corrected chi connectivity index (χ3v) is 3.65. The Bertz CT molecular complexity index is 319. The van der Waals surface area contributed by atoms with Crippen LogP contribution in [-0.2, 0) is 0 Å². The average molecular weight is 204 g/mol. The van der Waals surface area contributed by atoms with Crippen molar-refractivity contribution < 1.29 is 5.11 Å². The summed E-state index contributed by atoms with van der Waals surface area (Å²) in [6, 6.07) is 8.84. The molecule has 0 heterocycles. The molecule has 1 aromatic carbocycles. The highest BCUT2D eigenvalue weighted by atomic mass is 16.2. The number of aliphatic hydroxyl groups excluding tert-OH is 1. The Morgan fingerprint density at radius 3 is 2.47 bits per heavy atom. The lowest BCUT2D eigenvalue weighted by Crippen LogP contribution is -1.95. The number of hydrogen-bond donors (Lipinski definition) is 1. The van der Waals surface area contributed by atoms with Crippen LogP contribution >= 0.6 is 0 Å². The highest BCUT2D eigenvalue weighted by Crippen LogP contribution is 2.45. The molecular formula is C14H20O. The lowest BCUT2D eigenvalue weighted by Gasteiger charge is -2.10. The first-order valence-electron chi connectivity index (χ1n) is 6.06. The maximum atomic E-state index is 8.90. The second kappa shape index (κ2) is 4.80. The molecule has 0 spiro atoms. The molecular weight excluding hydrogens is 184 g/mol. The number of aliphatic hydroxyl groups is 1. The molecule has 2 atom stereocenters. The van der Waals surface area contributed by atoms with E-state index in [1.54, 1.807) is 5.56 Å². The van der Waals surface area contributed by atoms with E-state index in [0.29, 0.717) is 12.5 Å². The predicted octanol–water partition coefficient (Wildman–Crippen LogP) is 3.44. The van der Waals surface area contributed by atoms with Gasteiger partial charge in [0.1, 0.15) is 0 Å². The van der Waals surface area contributed by atoms with Crippen molar-refractivity contribution in [3.63, 3.8) is 0 Å². The molecule has 1 aromatic rings. The Labute approximate surface area is 92.1 Å². The first kappa shape index (κ1) is 10.7. The Hall–Kier alpha value is -0.820. The van der Waals surface area contributed by atoms with Crippen LogP contribution in [0.1, 0.15) is 55.6 Å². The van der Waals surface area contributed by atoms with Gasteiger partial charge in [-0.05, 0) is 48.6 Å². The van der Waals surface area contributed by atoms with E-state index in [0.717, 1.165) is 18.8 Å². The zero-order chi connectivity index (χ0) is 10.7. The Kier molecular flexibility index (Phi) is 3.42. The van der Waals surface area contributed by atoms with Gasteiger partial charge in [0.05, 0.1) is 0 Å². The van der Waals surface area contributed by atoms with E-state index in [1.165, 1.54) is 18.4 Å². The maximum absolute atomic E-state index is 8.90. The van der Waals surface area contributed by atoms with Crippen LogP contribution in [0.15, 0.2) is 24.3 Å². The molecule has 15 heavy (non-hydrogen) atoms. The molecule has 0 saturated carbocycles. The molecule has 1 unspecified atom stereocenters. The van der Waals surface area contributed by atoms with Crippen molar-refractivity contribution in [3.05, 3.63) is 35.4 Å². The second-order valence-electron chi connectivity index (χ2n) is 4.53. The molecule has 1 heteroatoms. The van der Waals surface area contributed by atoms with Crippen LogP contribution in [0.5, 0.6) is 0 Å². The standard InChI is InChI=1S/C14H20O/c1-2-11-10-12(6-5-9-15)14-8-4-3-7-13(11)14/h3-4,7-8,11-12,15H,2,5-6,9-10H2,1H3/t11?,12-/m1/s1. The minimum absolute atomic E-state index is 0.329. The molecule has 1 aliphatic carbocycles. The Morgan fingerprint density at radius 2 is 1.87 bits per heavy atom. The van der Waals surface area contributed by atoms with E-state index in [4.69, 9.17) is 5.11 Å². The van der Waals surface area contributed by atoms with Crippen molar-refractivity contribution >= 4 is 0 Å². The van der Waals surface area contributed by atoms with Crippen LogP contribution in [0, 0.1) is 0 Å². The summed E-state index contributed by atoms with van der Waals surface area (Å²) in [5.74, 6) is 1.45. The zero-order valence-corrected chi connectivity index (χ0v) is 9.45. The van der Waals surface area contributed by atoms with E-state index in [2.05, 4.69) is 31.2 Å². The SMILES string of the molecule is CCC1C[C@@H](CCCO)c2ccccc21. The number of fused-ring (bicyclic) bond motifs is 1. The van der Waals surface area contributed by atoms with Crippen molar-refractivity contribution in [2.45, 2.75) is 44.4 Å². The summed E-state index contributed by atoms with van der Waals surface area (Å²) in [4.78, 5) is 0. The molecule has 0 aromatic heterocycles. The number of rotatable bonds is 4. The van der Waals surface area contributed by atoms with Gasteiger partial charge in [-0.3, -0.25) is 0 Å². The number of benzene rings is 1. The summed E-state index contributed by atoms with van der Waals surface area (Å²) < 4.78 is 0. The summed E-state index contributed by atoms with van der Waals surface area (Å²) in [5.41, 5.74) is 3.10. The van der Waals surface area contributed by atoms with Crippen LogP contribution < -0.4 is 0 Å². The topological polar surface area (TPSA) is 20.2 Å². The fraction of sp³-hybridized carbons (Fsp3) is 0.571. The monoisotopic (exact) mass is 204 g/mol. The molecule has 1 nitrogen and oxygen atoms in total. The van der Waals surface area contributed by atoms with Gasteiger partial charge in [-0.1, -0.05) is 31.2 Å². The van der Waals surface area contributed by atoms with Gasteiger partial charge in [0.2, 0.25) is 0 Å². The van der Waals surface area contributed by atoms with Crippen LogP contribution in [0.25, 0.3) is 0 Å². The third-order valence-electron chi connectivity index (χ3n) is 3.65. The zero-order valence-electron chi connectivity index (χ0n) is 9.45. The van der Waals surface area contributed by atoms with E-state index >= 15 is 0 Å². The van der Waals surface area contributed by atoms with Crippen LogP contribution in [0.3, 0.4) is 0 Å². The molecule has 0 aliphatic heterocycles.